The van der Waals surface area contributed by atoms with Gasteiger partial charge in [0.2, 0.25) is 0 Å². The Morgan fingerprint density at radius 2 is 1.80 bits per heavy atom. The van der Waals surface area contributed by atoms with Crippen molar-refractivity contribution >= 4 is 45.1 Å². The maximum atomic E-state index is 5.84. The molecule has 1 aromatic rings. The largest absolute Gasteiger partial charge is 0.399 e. The van der Waals surface area contributed by atoms with Crippen LogP contribution in [0.2, 0.25) is 0 Å². The summed E-state index contributed by atoms with van der Waals surface area (Å²) < 4.78 is 1.57. The molecule has 2 N–H and O–H groups in total. The summed E-state index contributed by atoms with van der Waals surface area (Å²) in [6.07, 6.45) is 0. The lowest BCUT2D eigenvalue weighted by atomic mass is 10.2. The fourth-order valence-corrected chi connectivity index (χ4v) is 4.31. The summed E-state index contributed by atoms with van der Waals surface area (Å²) in [5.74, 6) is 2.26. The highest BCUT2D eigenvalue weighted by Crippen LogP contribution is 2.40. The number of halogens is 1. The van der Waals surface area contributed by atoms with Crippen molar-refractivity contribution < 1.29 is 0 Å². The minimum Gasteiger partial charge on any atom is -0.399 e. The van der Waals surface area contributed by atoms with Crippen LogP contribution in [0.4, 0.5) is 5.69 Å². The van der Waals surface area contributed by atoms with Gasteiger partial charge in [0.05, 0.1) is 4.58 Å². The SMILES string of the molecule is CCSC(SCC)c1cc(N)cc(Br)c1. The third-order valence-electron chi connectivity index (χ3n) is 1.85. The Hall–Kier alpha value is 0.200. The number of anilines is 1. The molecule has 0 saturated heterocycles. The molecule has 0 bridgehead atoms. The van der Waals surface area contributed by atoms with Gasteiger partial charge in [0.25, 0.3) is 0 Å². The fourth-order valence-electron chi connectivity index (χ4n) is 1.32. The van der Waals surface area contributed by atoms with Crippen LogP contribution in [0, 0.1) is 0 Å². The highest BCUT2D eigenvalue weighted by molar-refractivity contribution is 9.10. The van der Waals surface area contributed by atoms with Crippen LogP contribution in [0.25, 0.3) is 0 Å². The van der Waals surface area contributed by atoms with Crippen molar-refractivity contribution in [2.24, 2.45) is 0 Å². The third-order valence-corrected chi connectivity index (χ3v) is 4.94. The first-order valence-corrected chi connectivity index (χ1v) is 7.85. The summed E-state index contributed by atoms with van der Waals surface area (Å²) in [7, 11) is 0. The average Bonchev–Trinajstić information content (AvgIpc) is 2.16. The third kappa shape index (κ3) is 4.29. The first kappa shape index (κ1) is 13.3. The number of hydrogen-bond acceptors (Lipinski definition) is 3. The van der Waals surface area contributed by atoms with Crippen LogP contribution in [0.1, 0.15) is 24.0 Å². The van der Waals surface area contributed by atoms with E-state index in [4.69, 9.17) is 5.73 Å². The molecule has 0 amide bonds. The van der Waals surface area contributed by atoms with Crippen molar-refractivity contribution in [3.05, 3.63) is 28.2 Å². The summed E-state index contributed by atoms with van der Waals surface area (Å²) >= 11 is 7.40. The molecule has 0 heterocycles. The van der Waals surface area contributed by atoms with Crippen molar-refractivity contribution in [1.82, 2.24) is 0 Å². The Kier molecular flexibility index (Phi) is 5.94. The van der Waals surface area contributed by atoms with E-state index in [9.17, 15) is 0 Å². The van der Waals surface area contributed by atoms with Crippen LogP contribution >= 0.6 is 39.5 Å². The van der Waals surface area contributed by atoms with E-state index in [0.717, 1.165) is 21.7 Å². The Balaban J connectivity index is 2.88. The van der Waals surface area contributed by atoms with Gasteiger partial charge in [0.1, 0.15) is 0 Å². The Bertz CT molecular complexity index is 291. The zero-order chi connectivity index (χ0) is 11.3. The molecule has 1 nitrogen and oxygen atoms in total. The van der Waals surface area contributed by atoms with E-state index in [1.54, 1.807) is 0 Å². The normalized spacial score (nSPS) is 10.9. The average molecular weight is 306 g/mol. The van der Waals surface area contributed by atoms with Crippen molar-refractivity contribution in [3.63, 3.8) is 0 Å². The molecule has 0 fully saturated rings. The molecule has 0 aromatic heterocycles. The Morgan fingerprint density at radius 1 is 1.20 bits per heavy atom. The van der Waals surface area contributed by atoms with Crippen molar-refractivity contribution in [2.75, 3.05) is 17.2 Å². The van der Waals surface area contributed by atoms with Crippen LogP contribution in [0.5, 0.6) is 0 Å². The van der Waals surface area contributed by atoms with Gasteiger partial charge in [-0.05, 0) is 35.3 Å². The monoisotopic (exact) mass is 305 g/mol. The van der Waals surface area contributed by atoms with Crippen LogP contribution < -0.4 is 5.73 Å². The van der Waals surface area contributed by atoms with E-state index >= 15 is 0 Å². The smallest absolute Gasteiger partial charge is 0.0752 e. The maximum absolute atomic E-state index is 5.84. The van der Waals surface area contributed by atoms with Crippen molar-refractivity contribution in [3.8, 4) is 0 Å². The summed E-state index contributed by atoms with van der Waals surface area (Å²) in [5, 5.41) is 0. The summed E-state index contributed by atoms with van der Waals surface area (Å²) in [6, 6.07) is 6.17. The van der Waals surface area contributed by atoms with E-state index in [1.165, 1.54) is 5.56 Å². The van der Waals surface area contributed by atoms with Gasteiger partial charge in [-0.3, -0.25) is 0 Å². The molecule has 15 heavy (non-hydrogen) atoms. The number of benzene rings is 1. The van der Waals surface area contributed by atoms with Crippen LogP contribution in [-0.4, -0.2) is 11.5 Å². The Morgan fingerprint density at radius 3 is 2.27 bits per heavy atom. The molecule has 84 valence electrons. The van der Waals surface area contributed by atoms with Gasteiger partial charge in [0.15, 0.2) is 0 Å². The van der Waals surface area contributed by atoms with E-state index in [1.807, 2.05) is 29.6 Å². The molecule has 1 rings (SSSR count). The number of hydrogen-bond donors (Lipinski definition) is 1. The van der Waals surface area contributed by atoms with Gasteiger partial charge in [-0.25, -0.2) is 0 Å². The standard InChI is InChI=1S/C11H16BrNS2/c1-3-14-11(15-4-2)8-5-9(12)7-10(13)6-8/h5-7,11H,3-4,13H2,1-2H3. The fraction of sp³-hybridized carbons (Fsp3) is 0.455. The minimum atomic E-state index is 0.500. The van der Waals surface area contributed by atoms with Crippen LogP contribution in [0.15, 0.2) is 22.7 Å². The van der Waals surface area contributed by atoms with E-state index in [0.29, 0.717) is 4.58 Å². The second-order valence-corrected chi connectivity index (χ2v) is 7.04. The summed E-state index contributed by atoms with van der Waals surface area (Å²) in [4.78, 5) is 0. The van der Waals surface area contributed by atoms with Crippen molar-refractivity contribution in [1.29, 1.82) is 0 Å². The van der Waals surface area contributed by atoms with Crippen LogP contribution in [-0.2, 0) is 0 Å². The lowest BCUT2D eigenvalue weighted by Crippen LogP contribution is -1.94. The number of thioether (sulfide) groups is 2. The molecule has 0 aliphatic rings. The van der Waals surface area contributed by atoms with Gasteiger partial charge in [-0.2, -0.15) is 0 Å². The summed E-state index contributed by atoms with van der Waals surface area (Å²) in [6.45, 7) is 4.38. The van der Waals surface area contributed by atoms with Gasteiger partial charge in [-0.15, -0.1) is 23.5 Å². The predicted octanol–water partition coefficient (Wildman–Crippen LogP) is 4.54. The molecule has 0 atom stereocenters. The first-order valence-electron chi connectivity index (χ1n) is 4.96. The quantitative estimate of drug-likeness (QED) is 0.639. The van der Waals surface area contributed by atoms with E-state index in [2.05, 4.69) is 41.9 Å². The maximum Gasteiger partial charge on any atom is 0.0752 e. The van der Waals surface area contributed by atoms with Crippen molar-refractivity contribution in [2.45, 2.75) is 18.4 Å². The number of rotatable bonds is 5. The van der Waals surface area contributed by atoms with Gasteiger partial charge in [0, 0.05) is 10.2 Å². The zero-order valence-electron chi connectivity index (χ0n) is 9.00. The number of nitrogen functional groups attached to an aromatic ring is 1. The molecular weight excluding hydrogens is 290 g/mol. The lowest BCUT2D eigenvalue weighted by Gasteiger charge is -2.15. The second kappa shape index (κ2) is 6.71. The van der Waals surface area contributed by atoms with Gasteiger partial charge >= 0.3 is 0 Å². The molecule has 0 aliphatic carbocycles. The highest BCUT2D eigenvalue weighted by Gasteiger charge is 2.11. The molecule has 0 spiro atoms. The topological polar surface area (TPSA) is 26.0 Å². The molecule has 0 saturated carbocycles. The molecule has 4 heteroatoms. The van der Waals surface area contributed by atoms with E-state index < -0.39 is 0 Å². The second-order valence-electron chi connectivity index (χ2n) is 3.06. The van der Waals surface area contributed by atoms with Crippen LogP contribution in [0.3, 0.4) is 0 Å². The molecule has 1 aromatic carbocycles. The minimum absolute atomic E-state index is 0.500. The molecule has 0 radical (unpaired) electrons. The molecule has 0 aliphatic heterocycles. The zero-order valence-corrected chi connectivity index (χ0v) is 12.2. The predicted molar refractivity (Wildman–Crippen MR) is 77.6 cm³/mol. The van der Waals surface area contributed by atoms with Gasteiger partial charge < -0.3 is 5.73 Å². The number of nitrogens with two attached hydrogens (primary N) is 1. The summed E-state index contributed by atoms with van der Waals surface area (Å²) in [5.41, 5.74) is 7.98. The first-order chi connectivity index (χ1) is 7.17. The highest BCUT2D eigenvalue weighted by atomic mass is 79.9. The van der Waals surface area contributed by atoms with Gasteiger partial charge in [-0.1, -0.05) is 29.8 Å². The van der Waals surface area contributed by atoms with E-state index in [-0.39, 0.29) is 0 Å². The molecular formula is C11H16BrNS2. The molecule has 0 unspecified atom stereocenters. The lowest BCUT2D eigenvalue weighted by molar-refractivity contribution is 1.34. The Labute approximate surface area is 109 Å².